The lowest BCUT2D eigenvalue weighted by atomic mass is 9.88. The predicted molar refractivity (Wildman–Crippen MR) is 236 cm³/mol. The van der Waals surface area contributed by atoms with E-state index in [1.54, 1.807) is 22.7 Å². The van der Waals surface area contributed by atoms with Crippen LogP contribution >= 0.6 is 22.7 Å². The maximum Gasteiger partial charge on any atom is 0.161 e. The Labute approximate surface area is 331 Å². The fraction of sp³-hybridized carbons (Fsp3) is 0. The summed E-state index contributed by atoms with van der Waals surface area (Å²) in [7, 11) is 0. The molecule has 0 atom stereocenters. The molecule has 11 aromatic rings. The topological polar surface area (TPSA) is 51.6 Å². The zero-order chi connectivity index (χ0) is 37.0. The molecule has 0 aliphatic carbocycles. The molecule has 0 spiro atoms. The smallest absolute Gasteiger partial charge is 0.161 e. The van der Waals surface area contributed by atoms with Gasteiger partial charge in [0.15, 0.2) is 11.6 Å². The lowest BCUT2D eigenvalue weighted by molar-refractivity contribution is 1.24. The monoisotopic (exact) mass is 750 g/mol. The van der Waals surface area contributed by atoms with Gasteiger partial charge < -0.3 is 0 Å². The van der Waals surface area contributed by atoms with E-state index in [-0.39, 0.29) is 0 Å². The first-order valence-electron chi connectivity index (χ1n) is 18.6. The molecular weight excluding hydrogens is 721 g/mol. The van der Waals surface area contributed by atoms with E-state index in [0.29, 0.717) is 11.6 Å². The van der Waals surface area contributed by atoms with Gasteiger partial charge in [-0.1, -0.05) is 170 Å². The lowest BCUT2D eigenvalue weighted by Gasteiger charge is -2.17. The van der Waals surface area contributed by atoms with Crippen molar-refractivity contribution >= 4 is 63.3 Å². The number of thiophene rings is 2. The Bertz CT molecular complexity index is 3260. The van der Waals surface area contributed by atoms with E-state index in [4.69, 9.17) is 19.9 Å². The Kier molecular flexibility index (Phi) is 7.83. The number of aromatic nitrogens is 4. The van der Waals surface area contributed by atoms with Crippen molar-refractivity contribution < 1.29 is 0 Å². The van der Waals surface area contributed by atoms with Crippen LogP contribution in [0.3, 0.4) is 0 Å². The molecule has 4 heterocycles. The van der Waals surface area contributed by atoms with Crippen LogP contribution in [0, 0.1) is 0 Å². The van der Waals surface area contributed by atoms with Crippen LogP contribution in [0.1, 0.15) is 0 Å². The molecule has 4 nitrogen and oxygen atoms in total. The first-order valence-corrected chi connectivity index (χ1v) is 20.2. The highest BCUT2D eigenvalue weighted by molar-refractivity contribution is 7.26. The highest BCUT2D eigenvalue weighted by atomic mass is 32.1. The van der Waals surface area contributed by atoms with E-state index >= 15 is 0 Å². The van der Waals surface area contributed by atoms with Gasteiger partial charge in [0.2, 0.25) is 0 Å². The largest absolute Gasteiger partial charge is 0.226 e. The average molecular weight is 751 g/mol. The van der Waals surface area contributed by atoms with Crippen molar-refractivity contribution in [3.8, 4) is 67.5 Å². The molecule has 4 aromatic heterocycles. The van der Waals surface area contributed by atoms with Gasteiger partial charge in [-0.15, -0.1) is 22.7 Å². The standard InChI is InChI=1S/C50H30N4S2/c1-3-17-31(18-4-1)43-47-45(39-27-13-15-29-41(39)55-47)54-50(51-43)38-26-12-10-24-36(38)34-22-8-7-21-33(34)35-23-9-11-25-37(35)44-48-46(40-28-14-16-30-42(40)56-48)53-49(52-44)32-19-5-2-6-20-32/h1-30H. The zero-order valence-electron chi connectivity index (χ0n) is 29.9. The molecule has 0 saturated heterocycles. The van der Waals surface area contributed by atoms with Gasteiger partial charge in [0.1, 0.15) is 0 Å². The van der Waals surface area contributed by atoms with E-state index in [9.17, 15) is 0 Å². The summed E-state index contributed by atoms with van der Waals surface area (Å²) in [5.74, 6) is 1.42. The quantitative estimate of drug-likeness (QED) is 0.170. The summed E-state index contributed by atoms with van der Waals surface area (Å²) < 4.78 is 4.57. The van der Waals surface area contributed by atoms with Gasteiger partial charge in [0.25, 0.3) is 0 Å². The molecule has 262 valence electrons. The predicted octanol–water partition coefficient (Wildman–Crippen LogP) is 14.0. The summed E-state index contributed by atoms with van der Waals surface area (Å²) in [5, 5.41) is 2.29. The van der Waals surface area contributed by atoms with Gasteiger partial charge in [0.05, 0.1) is 31.8 Å². The Hall–Kier alpha value is -6.86. The summed E-state index contributed by atoms with van der Waals surface area (Å²) in [5.41, 5.74) is 12.3. The molecule has 7 aromatic carbocycles. The summed E-state index contributed by atoms with van der Waals surface area (Å²) in [6, 6.07) is 63.6. The Morgan fingerprint density at radius 1 is 0.286 bits per heavy atom. The summed E-state index contributed by atoms with van der Waals surface area (Å²) in [4.78, 5) is 21.3. The van der Waals surface area contributed by atoms with Crippen molar-refractivity contribution in [2.45, 2.75) is 0 Å². The third-order valence-corrected chi connectivity index (χ3v) is 12.7. The normalized spacial score (nSPS) is 11.6. The Morgan fingerprint density at radius 3 is 1.27 bits per heavy atom. The third kappa shape index (κ3) is 5.41. The van der Waals surface area contributed by atoms with Gasteiger partial charge in [0, 0.05) is 42.4 Å². The highest BCUT2D eigenvalue weighted by Gasteiger charge is 2.22. The van der Waals surface area contributed by atoms with Crippen molar-refractivity contribution in [3.63, 3.8) is 0 Å². The number of hydrogen-bond acceptors (Lipinski definition) is 6. The minimum atomic E-state index is 0.703. The molecule has 0 saturated carbocycles. The molecule has 0 unspecified atom stereocenters. The first-order chi connectivity index (χ1) is 27.8. The van der Waals surface area contributed by atoms with Crippen LogP contribution in [0.4, 0.5) is 0 Å². The van der Waals surface area contributed by atoms with E-state index in [2.05, 4.69) is 158 Å². The van der Waals surface area contributed by atoms with Crippen molar-refractivity contribution in [1.82, 2.24) is 19.9 Å². The minimum absolute atomic E-state index is 0.703. The molecule has 0 amide bonds. The number of rotatable bonds is 6. The van der Waals surface area contributed by atoms with Crippen LogP contribution in [0.25, 0.3) is 108 Å². The molecule has 0 fully saturated rings. The maximum absolute atomic E-state index is 5.37. The van der Waals surface area contributed by atoms with Crippen LogP contribution in [0.5, 0.6) is 0 Å². The van der Waals surface area contributed by atoms with Gasteiger partial charge in [-0.2, -0.15) is 0 Å². The van der Waals surface area contributed by atoms with Gasteiger partial charge in [-0.3, -0.25) is 0 Å². The SMILES string of the molecule is c1ccc(-c2nc(-c3ccccc3-c3ccccc3-c3ccccc3-c3nc(-c4ccccc4)c4sc5ccccc5c4n3)c3sc4ccccc4c3n2)cc1. The Balaban J connectivity index is 1.14. The Morgan fingerprint density at radius 2 is 0.679 bits per heavy atom. The maximum atomic E-state index is 5.37. The number of fused-ring (bicyclic) bond motifs is 6. The second-order valence-corrected chi connectivity index (χ2v) is 15.8. The molecule has 6 heteroatoms. The zero-order valence-corrected chi connectivity index (χ0v) is 31.6. The van der Waals surface area contributed by atoms with Crippen LogP contribution in [0.2, 0.25) is 0 Å². The van der Waals surface area contributed by atoms with Gasteiger partial charge >= 0.3 is 0 Å². The van der Waals surface area contributed by atoms with Crippen LogP contribution < -0.4 is 0 Å². The van der Waals surface area contributed by atoms with Gasteiger partial charge in [-0.25, -0.2) is 19.9 Å². The second kappa shape index (κ2) is 13.5. The molecule has 0 radical (unpaired) electrons. The van der Waals surface area contributed by atoms with Crippen LogP contribution in [0.15, 0.2) is 182 Å². The fourth-order valence-electron chi connectivity index (χ4n) is 7.78. The second-order valence-electron chi connectivity index (χ2n) is 13.7. The van der Waals surface area contributed by atoms with E-state index in [0.717, 1.165) is 87.1 Å². The molecule has 56 heavy (non-hydrogen) atoms. The van der Waals surface area contributed by atoms with Crippen molar-refractivity contribution in [2.75, 3.05) is 0 Å². The van der Waals surface area contributed by atoms with E-state index in [1.165, 1.54) is 9.40 Å². The first kappa shape index (κ1) is 32.6. The molecular formula is C50H30N4S2. The van der Waals surface area contributed by atoms with E-state index in [1.807, 2.05) is 24.3 Å². The number of nitrogens with zero attached hydrogens (tertiary/aromatic N) is 4. The van der Waals surface area contributed by atoms with Gasteiger partial charge in [-0.05, 0) is 34.4 Å². The third-order valence-electron chi connectivity index (χ3n) is 10.4. The minimum Gasteiger partial charge on any atom is -0.226 e. The molecule has 0 aliphatic heterocycles. The number of hydrogen-bond donors (Lipinski definition) is 0. The van der Waals surface area contributed by atoms with Crippen molar-refractivity contribution in [1.29, 1.82) is 0 Å². The lowest BCUT2D eigenvalue weighted by Crippen LogP contribution is -1.97. The van der Waals surface area contributed by atoms with Crippen molar-refractivity contribution in [2.24, 2.45) is 0 Å². The molecule has 11 rings (SSSR count). The van der Waals surface area contributed by atoms with Crippen molar-refractivity contribution in [3.05, 3.63) is 182 Å². The summed E-state index contributed by atoms with van der Waals surface area (Å²) in [6.07, 6.45) is 0. The molecule has 0 bridgehead atoms. The molecule has 0 aliphatic rings. The molecule has 0 N–H and O–H groups in total. The summed E-state index contributed by atoms with van der Waals surface area (Å²) in [6.45, 7) is 0. The van der Waals surface area contributed by atoms with E-state index < -0.39 is 0 Å². The van der Waals surface area contributed by atoms with Crippen LogP contribution in [-0.2, 0) is 0 Å². The average Bonchev–Trinajstić information content (AvgIpc) is 3.85. The highest BCUT2D eigenvalue weighted by Crippen LogP contribution is 2.46. The van der Waals surface area contributed by atoms with Crippen LogP contribution in [-0.4, -0.2) is 19.9 Å². The summed E-state index contributed by atoms with van der Waals surface area (Å²) >= 11 is 3.51. The fourth-order valence-corrected chi connectivity index (χ4v) is 10.1. The number of benzene rings is 7.